The third-order valence-corrected chi connectivity index (χ3v) is 3.91. The summed E-state index contributed by atoms with van der Waals surface area (Å²) in [5.74, 6) is -0.603. The van der Waals surface area contributed by atoms with E-state index in [9.17, 15) is 9.18 Å². The topological polar surface area (TPSA) is 46.3 Å². The van der Waals surface area contributed by atoms with Gasteiger partial charge in [-0.25, -0.2) is 4.39 Å². The first kappa shape index (κ1) is 13.5. The molecule has 5 heteroatoms. The molecule has 0 unspecified atom stereocenters. The molecule has 0 spiro atoms. The second-order valence-electron chi connectivity index (χ2n) is 4.58. The second kappa shape index (κ2) is 5.01. The molecule has 19 heavy (non-hydrogen) atoms. The molecule has 0 aliphatic carbocycles. The molecule has 0 saturated carbocycles. The summed E-state index contributed by atoms with van der Waals surface area (Å²) in [6.45, 7) is 6.07. The summed E-state index contributed by atoms with van der Waals surface area (Å²) in [5.41, 5.74) is 7.01. The molecule has 3 nitrogen and oxygen atoms in total. The lowest BCUT2D eigenvalue weighted by Gasteiger charge is -2.16. The Labute approximate surface area is 115 Å². The van der Waals surface area contributed by atoms with Gasteiger partial charge < -0.3 is 10.6 Å². The standard InChI is InChI=1S/C14H15FN2OS/c1-8(2)7-17(3)14(18)13-12(16)11-9(15)5-4-6-10(11)19-13/h4-6H,1,7,16H2,2-3H3. The molecule has 0 aliphatic rings. The van der Waals surface area contributed by atoms with E-state index in [1.807, 2.05) is 6.92 Å². The Balaban J connectivity index is 2.46. The van der Waals surface area contributed by atoms with Gasteiger partial charge in [-0.3, -0.25) is 4.79 Å². The Morgan fingerprint density at radius 3 is 2.79 bits per heavy atom. The number of thiophene rings is 1. The van der Waals surface area contributed by atoms with Crippen molar-refractivity contribution in [2.45, 2.75) is 6.92 Å². The quantitative estimate of drug-likeness (QED) is 0.876. The van der Waals surface area contributed by atoms with Gasteiger partial charge in [0.2, 0.25) is 0 Å². The van der Waals surface area contributed by atoms with Crippen molar-refractivity contribution < 1.29 is 9.18 Å². The molecule has 1 aromatic heterocycles. The number of rotatable bonds is 3. The normalized spacial score (nSPS) is 10.7. The molecule has 0 saturated heterocycles. The Morgan fingerprint density at radius 2 is 2.21 bits per heavy atom. The van der Waals surface area contributed by atoms with Crippen molar-refractivity contribution in [2.24, 2.45) is 0 Å². The van der Waals surface area contributed by atoms with Crippen molar-refractivity contribution in [1.82, 2.24) is 4.90 Å². The fourth-order valence-corrected chi connectivity index (χ4v) is 3.07. The van der Waals surface area contributed by atoms with Gasteiger partial charge in [0, 0.05) is 18.3 Å². The first-order valence-electron chi connectivity index (χ1n) is 5.78. The van der Waals surface area contributed by atoms with Crippen LogP contribution in [0, 0.1) is 5.82 Å². The fourth-order valence-electron chi connectivity index (χ4n) is 1.94. The molecule has 1 aromatic carbocycles. The Bertz CT molecular complexity index is 663. The molecular weight excluding hydrogens is 263 g/mol. The number of hydrogen-bond donors (Lipinski definition) is 1. The number of carbonyl (C=O) groups excluding carboxylic acids is 1. The zero-order valence-corrected chi connectivity index (χ0v) is 11.7. The molecule has 1 heterocycles. The molecule has 100 valence electrons. The van der Waals surface area contributed by atoms with Gasteiger partial charge in [-0.2, -0.15) is 0 Å². The highest BCUT2D eigenvalue weighted by Gasteiger charge is 2.21. The summed E-state index contributed by atoms with van der Waals surface area (Å²) in [7, 11) is 1.68. The van der Waals surface area contributed by atoms with E-state index in [2.05, 4.69) is 6.58 Å². The molecule has 2 rings (SSSR count). The van der Waals surface area contributed by atoms with Crippen LogP contribution >= 0.6 is 11.3 Å². The van der Waals surface area contributed by atoms with Crippen molar-refractivity contribution in [2.75, 3.05) is 19.3 Å². The van der Waals surface area contributed by atoms with Crippen molar-refractivity contribution in [1.29, 1.82) is 0 Å². The highest BCUT2D eigenvalue weighted by molar-refractivity contribution is 7.21. The maximum Gasteiger partial charge on any atom is 0.266 e. The first-order valence-corrected chi connectivity index (χ1v) is 6.59. The smallest absolute Gasteiger partial charge is 0.266 e. The number of hydrogen-bond acceptors (Lipinski definition) is 3. The predicted molar refractivity (Wildman–Crippen MR) is 78.0 cm³/mol. The fraction of sp³-hybridized carbons (Fsp3) is 0.214. The Kier molecular flexibility index (Phi) is 3.57. The molecule has 0 aliphatic heterocycles. The lowest BCUT2D eigenvalue weighted by atomic mass is 10.2. The van der Waals surface area contributed by atoms with E-state index in [1.54, 1.807) is 19.2 Å². The zero-order chi connectivity index (χ0) is 14.2. The van der Waals surface area contributed by atoms with Gasteiger partial charge >= 0.3 is 0 Å². The van der Waals surface area contributed by atoms with Crippen LogP contribution in [0.4, 0.5) is 10.1 Å². The van der Waals surface area contributed by atoms with Gasteiger partial charge in [0.05, 0.1) is 11.1 Å². The number of benzene rings is 1. The van der Waals surface area contributed by atoms with Gasteiger partial charge in [-0.1, -0.05) is 18.2 Å². The second-order valence-corrected chi connectivity index (χ2v) is 5.63. The molecule has 0 radical (unpaired) electrons. The monoisotopic (exact) mass is 278 g/mol. The number of carbonyl (C=O) groups is 1. The number of likely N-dealkylation sites (N-methyl/N-ethyl adjacent to an activating group) is 1. The van der Waals surface area contributed by atoms with Gasteiger partial charge in [0.25, 0.3) is 5.91 Å². The predicted octanol–water partition coefficient (Wildman–Crippen LogP) is 3.27. The number of fused-ring (bicyclic) bond motifs is 1. The third-order valence-electron chi connectivity index (χ3n) is 2.75. The lowest BCUT2D eigenvalue weighted by molar-refractivity contribution is 0.0812. The van der Waals surface area contributed by atoms with Gasteiger partial charge in [0.15, 0.2) is 0 Å². The van der Waals surface area contributed by atoms with Crippen LogP contribution in [0.2, 0.25) is 0 Å². The molecule has 2 aromatic rings. The van der Waals surface area contributed by atoms with Crippen LogP contribution in [0.3, 0.4) is 0 Å². The minimum atomic E-state index is -0.396. The average Bonchev–Trinajstić information content (AvgIpc) is 2.66. The van der Waals surface area contributed by atoms with Crippen LogP contribution < -0.4 is 5.73 Å². The molecule has 2 N–H and O–H groups in total. The van der Waals surface area contributed by atoms with Crippen molar-refractivity contribution in [3.05, 3.63) is 41.0 Å². The Hall–Kier alpha value is -1.88. The van der Waals surface area contributed by atoms with E-state index < -0.39 is 5.82 Å². The summed E-state index contributed by atoms with van der Waals surface area (Å²) >= 11 is 1.22. The summed E-state index contributed by atoms with van der Waals surface area (Å²) in [5, 5.41) is 0.333. The number of nitrogens with two attached hydrogens (primary N) is 1. The number of amides is 1. The minimum absolute atomic E-state index is 0.207. The SMILES string of the molecule is C=C(C)CN(C)C(=O)c1sc2cccc(F)c2c1N. The van der Waals surface area contributed by atoms with Gasteiger partial charge in [0.1, 0.15) is 10.7 Å². The van der Waals surface area contributed by atoms with E-state index in [-0.39, 0.29) is 11.6 Å². The molecular formula is C14H15FN2OS. The van der Waals surface area contributed by atoms with Crippen molar-refractivity contribution in [3.63, 3.8) is 0 Å². The Morgan fingerprint density at radius 1 is 1.53 bits per heavy atom. The van der Waals surface area contributed by atoms with Crippen LogP contribution in [-0.4, -0.2) is 24.4 Å². The molecule has 0 atom stereocenters. The summed E-state index contributed by atoms with van der Waals surface area (Å²) in [6, 6.07) is 4.71. The van der Waals surface area contributed by atoms with Crippen molar-refractivity contribution >= 4 is 33.0 Å². The van der Waals surface area contributed by atoms with Gasteiger partial charge in [-0.05, 0) is 19.1 Å². The van der Waals surface area contributed by atoms with Crippen molar-refractivity contribution in [3.8, 4) is 0 Å². The van der Waals surface area contributed by atoms with E-state index in [0.29, 0.717) is 21.5 Å². The van der Waals surface area contributed by atoms with Crippen LogP contribution in [-0.2, 0) is 0 Å². The minimum Gasteiger partial charge on any atom is -0.397 e. The molecule has 1 amide bonds. The van der Waals surface area contributed by atoms with E-state index >= 15 is 0 Å². The van der Waals surface area contributed by atoms with E-state index in [4.69, 9.17) is 5.73 Å². The number of halogens is 1. The van der Waals surface area contributed by atoms with Crippen LogP contribution in [0.5, 0.6) is 0 Å². The molecule has 0 bridgehead atoms. The highest BCUT2D eigenvalue weighted by atomic mass is 32.1. The number of nitrogens with zero attached hydrogens (tertiary/aromatic N) is 1. The largest absolute Gasteiger partial charge is 0.397 e. The van der Waals surface area contributed by atoms with E-state index in [0.717, 1.165) is 5.57 Å². The van der Waals surface area contributed by atoms with Crippen LogP contribution in [0.25, 0.3) is 10.1 Å². The zero-order valence-electron chi connectivity index (χ0n) is 10.9. The maximum atomic E-state index is 13.7. The summed E-state index contributed by atoms with van der Waals surface area (Å²) in [4.78, 5) is 14.2. The number of anilines is 1. The summed E-state index contributed by atoms with van der Waals surface area (Å²) < 4.78 is 14.4. The lowest BCUT2D eigenvalue weighted by Crippen LogP contribution is -2.27. The van der Waals surface area contributed by atoms with Crippen LogP contribution in [0.15, 0.2) is 30.4 Å². The van der Waals surface area contributed by atoms with E-state index in [1.165, 1.54) is 22.3 Å². The third kappa shape index (κ3) is 2.46. The maximum absolute atomic E-state index is 13.7. The van der Waals surface area contributed by atoms with Gasteiger partial charge in [-0.15, -0.1) is 11.3 Å². The molecule has 0 fully saturated rings. The van der Waals surface area contributed by atoms with Crippen LogP contribution in [0.1, 0.15) is 16.6 Å². The highest BCUT2D eigenvalue weighted by Crippen LogP contribution is 2.35. The summed E-state index contributed by atoms with van der Waals surface area (Å²) in [6.07, 6.45) is 0. The number of nitrogen functional groups attached to an aromatic ring is 1. The average molecular weight is 278 g/mol. The first-order chi connectivity index (χ1) is 8.91.